The molecule has 6 N–H and O–H groups in total. The van der Waals surface area contributed by atoms with Crippen molar-refractivity contribution in [2.45, 2.75) is 31.2 Å². The molecule has 1 aromatic carbocycles. The third-order valence-corrected chi connectivity index (χ3v) is 3.68. The summed E-state index contributed by atoms with van der Waals surface area (Å²) < 4.78 is 22.7. The first kappa shape index (κ1) is 15.7. The molecule has 0 saturated heterocycles. The van der Waals surface area contributed by atoms with Gasteiger partial charge in [-0.25, -0.2) is 13.6 Å². The van der Waals surface area contributed by atoms with Gasteiger partial charge in [-0.3, -0.25) is 0 Å². The third kappa shape index (κ3) is 4.38. The van der Waals surface area contributed by atoms with Crippen LogP contribution < -0.4 is 16.2 Å². The summed E-state index contributed by atoms with van der Waals surface area (Å²) in [5.41, 5.74) is 6.34. The number of nitrogens with one attached hydrogen (secondary N) is 1. The maximum absolute atomic E-state index is 11.4. The Bertz CT molecular complexity index is 529. The standard InChI is InChI=1S/C12H21N3O3S/c1-8(2)6-9(7-16)15-10-4-3-5-11(12(10)13)19(14,17)18/h3-5,8-9,15-16H,6-7,13H2,1-2H3,(H2,14,17,18). The van der Waals surface area contributed by atoms with E-state index in [2.05, 4.69) is 5.32 Å². The highest BCUT2D eigenvalue weighted by atomic mass is 32.2. The van der Waals surface area contributed by atoms with Gasteiger partial charge >= 0.3 is 0 Å². The van der Waals surface area contributed by atoms with Crippen molar-refractivity contribution in [2.24, 2.45) is 11.1 Å². The highest BCUT2D eigenvalue weighted by Crippen LogP contribution is 2.27. The minimum absolute atomic E-state index is 0.0583. The number of anilines is 2. The van der Waals surface area contributed by atoms with E-state index >= 15 is 0 Å². The number of rotatable bonds is 6. The number of nitrogens with two attached hydrogens (primary N) is 2. The summed E-state index contributed by atoms with van der Waals surface area (Å²) in [6, 6.07) is 4.39. The van der Waals surface area contributed by atoms with Crippen LogP contribution in [0.1, 0.15) is 20.3 Å². The average molecular weight is 287 g/mol. The predicted octanol–water partition coefficient (Wildman–Crippen LogP) is 0.735. The van der Waals surface area contributed by atoms with Crippen LogP contribution in [0.25, 0.3) is 0 Å². The average Bonchev–Trinajstić information content (AvgIpc) is 2.28. The zero-order valence-corrected chi connectivity index (χ0v) is 11.9. The molecule has 0 saturated carbocycles. The van der Waals surface area contributed by atoms with Crippen LogP contribution in [0.3, 0.4) is 0 Å². The molecule has 1 unspecified atom stereocenters. The number of hydrogen-bond donors (Lipinski definition) is 4. The summed E-state index contributed by atoms with van der Waals surface area (Å²) in [6.45, 7) is 4.01. The fourth-order valence-corrected chi connectivity index (χ4v) is 2.57. The molecule has 108 valence electrons. The minimum atomic E-state index is -3.85. The van der Waals surface area contributed by atoms with Crippen molar-refractivity contribution < 1.29 is 13.5 Å². The monoisotopic (exact) mass is 287 g/mol. The summed E-state index contributed by atoms with van der Waals surface area (Å²) in [4.78, 5) is -0.112. The largest absolute Gasteiger partial charge is 0.396 e. The maximum atomic E-state index is 11.4. The molecule has 1 atom stereocenters. The number of hydrogen-bond acceptors (Lipinski definition) is 5. The van der Waals surface area contributed by atoms with Crippen LogP contribution in [0.4, 0.5) is 11.4 Å². The number of primary sulfonamides is 1. The summed E-state index contributed by atoms with van der Waals surface area (Å²) in [6.07, 6.45) is 0.746. The van der Waals surface area contributed by atoms with Crippen LogP contribution >= 0.6 is 0 Å². The van der Waals surface area contributed by atoms with Crippen LogP contribution in [0.15, 0.2) is 23.1 Å². The molecule has 0 heterocycles. The lowest BCUT2D eigenvalue weighted by Gasteiger charge is -2.21. The van der Waals surface area contributed by atoms with E-state index in [1.165, 1.54) is 6.07 Å². The molecule has 0 spiro atoms. The van der Waals surface area contributed by atoms with Crippen molar-refractivity contribution >= 4 is 21.4 Å². The van der Waals surface area contributed by atoms with E-state index in [-0.39, 0.29) is 23.2 Å². The lowest BCUT2D eigenvalue weighted by atomic mass is 10.0. The van der Waals surface area contributed by atoms with Crippen molar-refractivity contribution in [3.8, 4) is 0 Å². The van der Waals surface area contributed by atoms with Crippen LogP contribution in [0.5, 0.6) is 0 Å². The summed E-state index contributed by atoms with van der Waals surface area (Å²) in [5, 5.41) is 17.4. The first-order chi connectivity index (χ1) is 8.75. The first-order valence-electron chi connectivity index (χ1n) is 6.04. The molecule has 6 nitrogen and oxygen atoms in total. The lowest BCUT2D eigenvalue weighted by molar-refractivity contribution is 0.259. The Morgan fingerprint density at radius 2 is 2.00 bits per heavy atom. The van der Waals surface area contributed by atoms with Gasteiger partial charge in [0.25, 0.3) is 0 Å². The molecule has 1 aromatic rings. The van der Waals surface area contributed by atoms with Crippen molar-refractivity contribution in [2.75, 3.05) is 17.7 Å². The number of nitrogen functional groups attached to an aromatic ring is 1. The normalized spacial score (nSPS) is 13.5. The quantitative estimate of drug-likeness (QED) is 0.575. The van der Waals surface area contributed by atoms with Gasteiger partial charge in [-0.05, 0) is 24.5 Å². The molecule has 0 aromatic heterocycles. The van der Waals surface area contributed by atoms with Crippen molar-refractivity contribution in [3.63, 3.8) is 0 Å². The van der Waals surface area contributed by atoms with E-state index in [9.17, 15) is 13.5 Å². The van der Waals surface area contributed by atoms with Crippen molar-refractivity contribution in [1.82, 2.24) is 0 Å². The maximum Gasteiger partial charge on any atom is 0.240 e. The molecule has 0 aliphatic heterocycles. The Balaban J connectivity index is 3.02. The smallest absolute Gasteiger partial charge is 0.240 e. The zero-order chi connectivity index (χ0) is 14.6. The summed E-state index contributed by atoms with van der Waals surface area (Å²) >= 11 is 0. The van der Waals surface area contributed by atoms with Crippen LogP contribution in [-0.4, -0.2) is 26.2 Å². The number of para-hydroxylation sites is 1. The Kier molecular flexibility index (Phi) is 5.16. The third-order valence-electron chi connectivity index (χ3n) is 2.71. The van der Waals surface area contributed by atoms with E-state index in [1.807, 2.05) is 13.8 Å². The second-order valence-corrected chi connectivity index (χ2v) is 6.45. The fraction of sp³-hybridized carbons (Fsp3) is 0.500. The number of aliphatic hydroxyl groups excluding tert-OH is 1. The van der Waals surface area contributed by atoms with E-state index in [4.69, 9.17) is 10.9 Å². The van der Waals surface area contributed by atoms with Gasteiger partial charge in [0.2, 0.25) is 10.0 Å². The summed E-state index contributed by atoms with van der Waals surface area (Å²) in [7, 11) is -3.85. The highest BCUT2D eigenvalue weighted by Gasteiger charge is 2.17. The van der Waals surface area contributed by atoms with Gasteiger partial charge in [-0.1, -0.05) is 19.9 Å². The van der Waals surface area contributed by atoms with Crippen LogP contribution in [0.2, 0.25) is 0 Å². The molecular weight excluding hydrogens is 266 g/mol. The highest BCUT2D eigenvalue weighted by molar-refractivity contribution is 7.89. The molecular formula is C12H21N3O3S. The van der Waals surface area contributed by atoms with Gasteiger partial charge < -0.3 is 16.2 Å². The molecule has 0 fully saturated rings. The Labute approximate surface area is 113 Å². The Morgan fingerprint density at radius 1 is 1.37 bits per heavy atom. The molecule has 1 rings (SSSR count). The molecule has 0 aliphatic rings. The zero-order valence-electron chi connectivity index (χ0n) is 11.1. The molecule has 7 heteroatoms. The van der Waals surface area contributed by atoms with E-state index in [0.717, 1.165) is 6.42 Å². The van der Waals surface area contributed by atoms with Gasteiger partial charge in [0.1, 0.15) is 4.90 Å². The molecule has 0 bridgehead atoms. The van der Waals surface area contributed by atoms with E-state index in [1.54, 1.807) is 12.1 Å². The van der Waals surface area contributed by atoms with Crippen LogP contribution in [0, 0.1) is 5.92 Å². The number of aliphatic hydroxyl groups is 1. The topological polar surface area (TPSA) is 118 Å². The van der Waals surface area contributed by atoms with Crippen molar-refractivity contribution in [3.05, 3.63) is 18.2 Å². The van der Waals surface area contributed by atoms with Gasteiger partial charge in [0, 0.05) is 6.04 Å². The van der Waals surface area contributed by atoms with Gasteiger partial charge in [-0.15, -0.1) is 0 Å². The van der Waals surface area contributed by atoms with Gasteiger partial charge in [-0.2, -0.15) is 0 Å². The lowest BCUT2D eigenvalue weighted by Crippen LogP contribution is -2.26. The molecule has 0 aliphatic carbocycles. The van der Waals surface area contributed by atoms with E-state index < -0.39 is 10.0 Å². The molecule has 19 heavy (non-hydrogen) atoms. The Hall–Kier alpha value is -1.31. The Morgan fingerprint density at radius 3 is 2.47 bits per heavy atom. The van der Waals surface area contributed by atoms with Gasteiger partial charge in [0.15, 0.2) is 0 Å². The van der Waals surface area contributed by atoms with Gasteiger partial charge in [0.05, 0.1) is 18.0 Å². The van der Waals surface area contributed by atoms with E-state index in [0.29, 0.717) is 11.6 Å². The molecule has 0 radical (unpaired) electrons. The SMILES string of the molecule is CC(C)CC(CO)Nc1cccc(S(N)(=O)=O)c1N. The summed E-state index contributed by atoms with van der Waals surface area (Å²) in [5.74, 6) is 0.396. The first-order valence-corrected chi connectivity index (χ1v) is 7.59. The predicted molar refractivity (Wildman–Crippen MR) is 76.2 cm³/mol. The van der Waals surface area contributed by atoms with Crippen LogP contribution in [-0.2, 0) is 10.0 Å². The fourth-order valence-electron chi connectivity index (χ4n) is 1.89. The second-order valence-electron chi connectivity index (χ2n) is 4.92. The minimum Gasteiger partial charge on any atom is -0.396 e. The number of sulfonamides is 1. The second kappa shape index (κ2) is 6.23. The van der Waals surface area contributed by atoms with Crippen molar-refractivity contribution in [1.29, 1.82) is 0 Å². The molecule has 0 amide bonds. The number of benzene rings is 1.